The van der Waals surface area contributed by atoms with E-state index in [9.17, 15) is 9.59 Å². The molecule has 2 aromatic rings. The van der Waals surface area contributed by atoms with Crippen molar-refractivity contribution in [3.8, 4) is 5.75 Å². The molecule has 0 saturated carbocycles. The molecule has 1 fully saturated rings. The lowest BCUT2D eigenvalue weighted by atomic mass is 9.82. The Morgan fingerprint density at radius 1 is 1.20 bits per heavy atom. The van der Waals surface area contributed by atoms with Gasteiger partial charge in [-0.25, -0.2) is 5.48 Å². The first-order valence-corrected chi connectivity index (χ1v) is 10.2. The normalized spacial score (nSPS) is 18.3. The summed E-state index contributed by atoms with van der Waals surface area (Å²) in [6.45, 7) is 4.80. The quantitative estimate of drug-likeness (QED) is 0.462. The van der Waals surface area contributed by atoms with Gasteiger partial charge >= 0.3 is 0 Å². The van der Waals surface area contributed by atoms with Crippen LogP contribution in [0, 0.1) is 6.92 Å². The molecule has 2 aromatic carbocycles. The van der Waals surface area contributed by atoms with Crippen LogP contribution in [0.5, 0.6) is 5.75 Å². The van der Waals surface area contributed by atoms with Crippen molar-refractivity contribution in [2.45, 2.75) is 38.3 Å². The van der Waals surface area contributed by atoms with Crippen LogP contribution in [0.15, 0.2) is 48.5 Å². The smallest absolute Gasteiger partial charge is 0.267 e. The fraction of sp³-hybridized carbons (Fsp3) is 0.333. The monoisotopic (exact) mass is 406 g/mol. The number of hydrogen-bond acceptors (Lipinski definition) is 5. The summed E-state index contributed by atoms with van der Waals surface area (Å²) in [4.78, 5) is 26.4. The largest absolute Gasteiger partial charge is 0.486 e. The number of rotatable bonds is 4. The minimum Gasteiger partial charge on any atom is -0.486 e. The number of aryl methyl sites for hydroxylation is 1. The van der Waals surface area contributed by atoms with E-state index in [1.165, 1.54) is 17.2 Å². The lowest BCUT2D eigenvalue weighted by Crippen LogP contribution is -2.50. The van der Waals surface area contributed by atoms with Gasteiger partial charge in [-0.1, -0.05) is 35.9 Å². The van der Waals surface area contributed by atoms with Crippen molar-refractivity contribution in [1.82, 2.24) is 10.4 Å². The minimum absolute atomic E-state index is 0.0742. The standard InChI is InChI=1S/C24H26N2O4/c1-17-2-4-19(5-3-17)16-26-12-10-24(11-13-26)15-21(27)20-14-18(6-8-22(20)30-24)7-9-23(28)25-29/h2-9,14,29H,10-13,15-16H2,1H3,(H,25,28). The van der Waals surface area contributed by atoms with Gasteiger partial charge in [0.1, 0.15) is 11.4 Å². The molecule has 0 atom stereocenters. The van der Waals surface area contributed by atoms with Crippen LogP contribution in [0.1, 0.15) is 46.3 Å². The zero-order valence-electron chi connectivity index (χ0n) is 17.1. The summed E-state index contributed by atoms with van der Waals surface area (Å²) >= 11 is 0. The fourth-order valence-electron chi connectivity index (χ4n) is 4.17. The van der Waals surface area contributed by atoms with Crippen LogP contribution in [0.25, 0.3) is 6.08 Å². The molecule has 1 spiro atoms. The molecule has 6 heteroatoms. The third-order valence-electron chi connectivity index (χ3n) is 5.94. The van der Waals surface area contributed by atoms with E-state index in [4.69, 9.17) is 9.94 Å². The van der Waals surface area contributed by atoms with Crippen molar-refractivity contribution in [2.24, 2.45) is 0 Å². The predicted molar refractivity (Wildman–Crippen MR) is 113 cm³/mol. The number of ketones is 1. The Bertz CT molecular complexity index is 973. The molecule has 30 heavy (non-hydrogen) atoms. The van der Waals surface area contributed by atoms with Gasteiger partial charge in [-0.05, 0) is 36.3 Å². The molecular weight excluding hydrogens is 380 g/mol. The fourth-order valence-corrected chi connectivity index (χ4v) is 4.17. The average Bonchev–Trinajstić information content (AvgIpc) is 2.75. The molecule has 1 amide bonds. The number of Topliss-reactive ketones (excluding diaryl/α,β-unsaturated/α-hetero) is 1. The number of carbonyl (C=O) groups excluding carboxylic acids is 2. The minimum atomic E-state index is -0.619. The summed E-state index contributed by atoms with van der Waals surface area (Å²) < 4.78 is 6.36. The van der Waals surface area contributed by atoms with Gasteiger partial charge in [0.2, 0.25) is 0 Å². The van der Waals surface area contributed by atoms with Crippen LogP contribution in [0.3, 0.4) is 0 Å². The van der Waals surface area contributed by atoms with Crippen molar-refractivity contribution in [1.29, 1.82) is 0 Å². The van der Waals surface area contributed by atoms with E-state index >= 15 is 0 Å². The highest BCUT2D eigenvalue weighted by atomic mass is 16.5. The summed E-state index contributed by atoms with van der Waals surface area (Å²) in [7, 11) is 0. The molecule has 6 nitrogen and oxygen atoms in total. The van der Waals surface area contributed by atoms with Crippen molar-refractivity contribution < 1.29 is 19.5 Å². The van der Waals surface area contributed by atoms with Gasteiger partial charge in [0.25, 0.3) is 5.91 Å². The first-order valence-electron chi connectivity index (χ1n) is 10.2. The lowest BCUT2D eigenvalue weighted by Gasteiger charge is -2.44. The highest BCUT2D eigenvalue weighted by Crippen LogP contribution is 2.40. The van der Waals surface area contributed by atoms with Gasteiger partial charge < -0.3 is 4.74 Å². The topological polar surface area (TPSA) is 78.9 Å². The molecule has 4 rings (SSSR count). The molecule has 2 heterocycles. The van der Waals surface area contributed by atoms with Crippen LogP contribution in [-0.2, 0) is 11.3 Å². The first kappa shape index (κ1) is 20.3. The van der Waals surface area contributed by atoms with Gasteiger partial charge in [0, 0.05) is 38.6 Å². The van der Waals surface area contributed by atoms with Gasteiger partial charge in [-0.15, -0.1) is 0 Å². The van der Waals surface area contributed by atoms with E-state index in [0.29, 0.717) is 23.3 Å². The maximum atomic E-state index is 12.9. The number of benzene rings is 2. The van der Waals surface area contributed by atoms with Gasteiger partial charge in [0.15, 0.2) is 5.78 Å². The van der Waals surface area contributed by atoms with Crippen molar-refractivity contribution in [3.63, 3.8) is 0 Å². The first-order chi connectivity index (χ1) is 14.5. The summed E-state index contributed by atoms with van der Waals surface area (Å²) in [5.41, 5.74) is 4.94. The van der Waals surface area contributed by atoms with Crippen LogP contribution >= 0.6 is 0 Å². The Morgan fingerprint density at radius 3 is 2.63 bits per heavy atom. The van der Waals surface area contributed by atoms with Crippen LogP contribution < -0.4 is 10.2 Å². The van der Waals surface area contributed by atoms with Crippen LogP contribution in [-0.4, -0.2) is 40.5 Å². The Labute approximate surface area is 176 Å². The number of nitrogens with one attached hydrogen (secondary N) is 1. The second-order valence-electron chi connectivity index (χ2n) is 8.21. The van der Waals surface area contributed by atoms with E-state index < -0.39 is 11.5 Å². The number of hydrogen-bond donors (Lipinski definition) is 2. The second kappa shape index (κ2) is 8.42. The molecule has 2 aliphatic rings. The van der Waals surface area contributed by atoms with Crippen LogP contribution in [0.4, 0.5) is 0 Å². The zero-order valence-corrected chi connectivity index (χ0v) is 17.1. The summed E-state index contributed by atoms with van der Waals surface area (Å²) in [5.74, 6) is 0.0683. The molecule has 1 saturated heterocycles. The number of piperidine rings is 1. The number of fused-ring (bicyclic) bond motifs is 1. The molecule has 0 aromatic heterocycles. The van der Waals surface area contributed by atoms with Crippen molar-refractivity contribution in [2.75, 3.05) is 13.1 Å². The zero-order chi connectivity index (χ0) is 21.1. The number of hydroxylamine groups is 1. The SMILES string of the molecule is Cc1ccc(CN2CCC3(CC2)CC(=O)c2cc(C=CC(=O)NO)ccc2O3)cc1. The number of nitrogens with zero attached hydrogens (tertiary/aromatic N) is 1. The Kier molecular flexibility index (Phi) is 5.70. The van der Waals surface area contributed by atoms with E-state index in [0.717, 1.165) is 32.5 Å². The molecule has 2 N–H and O–H groups in total. The maximum Gasteiger partial charge on any atom is 0.267 e. The maximum absolute atomic E-state index is 12.9. The van der Waals surface area contributed by atoms with E-state index in [1.807, 2.05) is 0 Å². The highest BCUT2D eigenvalue weighted by Gasteiger charge is 2.42. The van der Waals surface area contributed by atoms with E-state index in [-0.39, 0.29) is 5.78 Å². The summed E-state index contributed by atoms with van der Waals surface area (Å²) in [5, 5.41) is 8.57. The van der Waals surface area contributed by atoms with Gasteiger partial charge in [-0.2, -0.15) is 0 Å². The molecular formula is C24H26N2O4. The van der Waals surface area contributed by atoms with Crippen LogP contribution in [0.2, 0.25) is 0 Å². The summed E-state index contributed by atoms with van der Waals surface area (Å²) in [6.07, 6.45) is 4.78. The van der Waals surface area contributed by atoms with Crippen molar-refractivity contribution in [3.05, 3.63) is 70.8 Å². The lowest BCUT2D eigenvalue weighted by molar-refractivity contribution is -0.124. The molecule has 0 bridgehead atoms. The average molecular weight is 406 g/mol. The Balaban J connectivity index is 1.42. The number of ether oxygens (including phenoxy) is 1. The van der Waals surface area contributed by atoms with Crippen molar-refractivity contribution >= 4 is 17.8 Å². The number of amides is 1. The Hall–Kier alpha value is -2.96. The number of likely N-dealkylation sites (tertiary alicyclic amines) is 1. The molecule has 0 unspecified atom stereocenters. The number of carbonyl (C=O) groups is 2. The third-order valence-corrected chi connectivity index (χ3v) is 5.94. The van der Waals surface area contributed by atoms with Gasteiger partial charge in [0.05, 0.1) is 12.0 Å². The second-order valence-corrected chi connectivity index (χ2v) is 8.21. The van der Waals surface area contributed by atoms with Gasteiger partial charge in [-0.3, -0.25) is 19.7 Å². The summed E-state index contributed by atoms with van der Waals surface area (Å²) in [6, 6.07) is 14.0. The third kappa shape index (κ3) is 4.45. The van der Waals surface area contributed by atoms with E-state index in [1.54, 1.807) is 29.8 Å². The predicted octanol–water partition coefficient (Wildman–Crippen LogP) is 3.51. The highest BCUT2D eigenvalue weighted by molar-refractivity contribution is 6.01. The molecule has 156 valence electrons. The molecule has 0 aliphatic carbocycles. The molecule has 0 radical (unpaired) electrons. The Morgan fingerprint density at radius 2 is 1.93 bits per heavy atom. The van der Waals surface area contributed by atoms with E-state index in [2.05, 4.69) is 36.1 Å². The molecule has 2 aliphatic heterocycles.